The Labute approximate surface area is 247 Å². The van der Waals surface area contributed by atoms with Gasteiger partial charge in [0.1, 0.15) is 0 Å². The molecule has 196 valence electrons. The number of halogens is 1. The molecule has 2 N–H and O–H groups in total. The van der Waals surface area contributed by atoms with Crippen molar-refractivity contribution in [2.75, 3.05) is 0 Å². The summed E-state index contributed by atoms with van der Waals surface area (Å²) in [7, 11) is 0. The lowest BCUT2D eigenvalue weighted by Crippen LogP contribution is -2.14. The summed E-state index contributed by atoms with van der Waals surface area (Å²) in [6.07, 6.45) is 5.17. The zero-order valence-electron chi connectivity index (χ0n) is 22.7. The van der Waals surface area contributed by atoms with Crippen LogP contribution in [-0.4, -0.2) is 19.9 Å². The highest BCUT2D eigenvalue weighted by Gasteiger charge is 2.28. The van der Waals surface area contributed by atoms with Gasteiger partial charge in [-0.15, -0.1) is 0 Å². The van der Waals surface area contributed by atoms with Gasteiger partial charge in [0.25, 0.3) is 0 Å². The topological polar surface area (TPSA) is 57.4 Å². The van der Waals surface area contributed by atoms with E-state index in [1.807, 2.05) is 0 Å². The van der Waals surface area contributed by atoms with Gasteiger partial charge in [0.2, 0.25) is 0 Å². The van der Waals surface area contributed by atoms with Crippen LogP contribution in [0.1, 0.15) is 42.2 Å². The molecule has 2 aliphatic rings. The van der Waals surface area contributed by atoms with Crippen LogP contribution in [0.15, 0.2) is 84.9 Å². The van der Waals surface area contributed by atoms with Crippen molar-refractivity contribution in [2.45, 2.75) is 32.6 Å². The fourth-order valence-electron chi connectivity index (χ4n) is 5.67. The quantitative estimate of drug-likeness (QED) is 0.187. The predicted octanol–water partition coefficient (Wildman–Crippen LogP) is 9.25. The lowest BCUT2D eigenvalue weighted by Gasteiger charge is -2.15. The van der Waals surface area contributed by atoms with Gasteiger partial charge in [-0.2, -0.15) is 0 Å². The van der Waals surface area contributed by atoms with Crippen molar-refractivity contribution in [2.24, 2.45) is 0 Å². The molecule has 0 atom stereocenters. The third-order valence-electron chi connectivity index (χ3n) is 7.78. The van der Waals surface area contributed by atoms with Crippen LogP contribution in [-0.2, 0) is 11.8 Å². The molecule has 0 saturated carbocycles. The molecular weight excluding hydrogens is 603 g/mol. The molecule has 0 unspecified atom stereocenters. The Hall–Kier alpha value is -3.97. The van der Waals surface area contributed by atoms with Crippen LogP contribution < -0.4 is 0 Å². The molecule has 0 amide bonds. The molecule has 5 heterocycles. The van der Waals surface area contributed by atoms with E-state index in [-0.39, 0.29) is 5.41 Å². The number of nitrogens with zero attached hydrogens (tertiary/aromatic N) is 2. The second-order valence-electron chi connectivity index (χ2n) is 11.3. The van der Waals surface area contributed by atoms with Crippen LogP contribution in [0.4, 0.5) is 0 Å². The lowest BCUT2D eigenvalue weighted by molar-refractivity contribution is 0.543. The molecule has 3 aromatic heterocycles. The monoisotopic (exact) mass is 632 g/mol. The van der Waals surface area contributed by atoms with E-state index in [1.165, 1.54) is 9.13 Å². The zero-order valence-corrected chi connectivity index (χ0v) is 24.9. The van der Waals surface area contributed by atoms with Crippen LogP contribution in [0, 0.1) is 10.5 Å². The van der Waals surface area contributed by atoms with E-state index in [0.717, 1.165) is 73.5 Å². The fourth-order valence-corrected chi connectivity index (χ4v) is 6.03. The Morgan fingerprint density at radius 1 is 0.675 bits per heavy atom. The molecule has 0 radical (unpaired) electrons. The van der Waals surface area contributed by atoms with Gasteiger partial charge in [-0.25, -0.2) is 4.98 Å². The standard InChI is InChI=1S/C35H29IN4/c1-21-4-6-22(7-5-21)33-29-15-13-26(38-29)19-32-35(2,3)20-27(39-32)18-25-12-14-28(37-25)34(31-17-16-30(33)40-31)23-8-10-24(36)11-9-23/h4-19,37-38H,20H2,1-3H3. The summed E-state index contributed by atoms with van der Waals surface area (Å²) in [6, 6.07) is 30.3. The summed E-state index contributed by atoms with van der Waals surface area (Å²) in [4.78, 5) is 17.7. The Kier molecular flexibility index (Phi) is 6.00. The molecule has 5 aromatic rings. The fraction of sp³-hybridized carbons (Fsp3) is 0.143. The largest absolute Gasteiger partial charge is 0.355 e. The normalized spacial score (nSPS) is 14.0. The summed E-state index contributed by atoms with van der Waals surface area (Å²) in [5.74, 6) is 0. The number of aryl methyl sites for hydroxylation is 1. The first-order valence-electron chi connectivity index (χ1n) is 13.6. The highest BCUT2D eigenvalue weighted by atomic mass is 127. The van der Waals surface area contributed by atoms with Crippen molar-refractivity contribution in [3.8, 4) is 22.3 Å². The number of fused-ring (bicyclic) bond motifs is 8. The van der Waals surface area contributed by atoms with E-state index in [2.05, 4.69) is 150 Å². The van der Waals surface area contributed by atoms with Crippen LogP contribution in [0.25, 0.3) is 56.5 Å². The van der Waals surface area contributed by atoms with Crippen molar-refractivity contribution in [3.63, 3.8) is 0 Å². The molecular formula is C35H29IN4. The number of rotatable bonds is 2. The van der Waals surface area contributed by atoms with Gasteiger partial charge >= 0.3 is 0 Å². The van der Waals surface area contributed by atoms with Crippen LogP contribution in [0.5, 0.6) is 0 Å². The number of H-pyrrole nitrogens is 2. The maximum atomic E-state index is 5.27. The maximum Gasteiger partial charge on any atom is 0.0737 e. The van der Waals surface area contributed by atoms with E-state index >= 15 is 0 Å². The molecule has 4 nitrogen and oxygen atoms in total. The third kappa shape index (κ3) is 4.58. The van der Waals surface area contributed by atoms with E-state index < -0.39 is 0 Å². The zero-order chi connectivity index (χ0) is 27.4. The minimum absolute atomic E-state index is 0.0514. The average molecular weight is 633 g/mol. The van der Waals surface area contributed by atoms with Gasteiger partial charge in [0, 0.05) is 60.0 Å². The van der Waals surface area contributed by atoms with E-state index in [9.17, 15) is 0 Å². The van der Waals surface area contributed by atoms with Crippen molar-refractivity contribution >= 4 is 56.8 Å². The number of benzene rings is 2. The Morgan fingerprint density at radius 3 is 1.82 bits per heavy atom. The lowest BCUT2D eigenvalue weighted by atomic mass is 9.87. The molecule has 0 saturated heterocycles. The number of hydrogen-bond donors (Lipinski definition) is 2. The summed E-state index contributed by atoms with van der Waals surface area (Å²) >= 11 is 2.35. The van der Waals surface area contributed by atoms with Gasteiger partial charge < -0.3 is 9.97 Å². The molecule has 2 aromatic carbocycles. The number of hydrogen-bond acceptors (Lipinski definition) is 2. The summed E-state index contributed by atoms with van der Waals surface area (Å²) in [6.45, 7) is 6.65. The minimum atomic E-state index is -0.0514. The predicted molar refractivity (Wildman–Crippen MR) is 175 cm³/mol. The van der Waals surface area contributed by atoms with E-state index in [1.54, 1.807) is 0 Å². The number of nitrogens with one attached hydrogen (secondary N) is 2. The second-order valence-corrected chi connectivity index (χ2v) is 12.6. The van der Waals surface area contributed by atoms with Crippen molar-refractivity contribution in [1.82, 2.24) is 19.9 Å². The van der Waals surface area contributed by atoms with Gasteiger partial charge in [0.15, 0.2) is 0 Å². The summed E-state index contributed by atoms with van der Waals surface area (Å²) in [5.41, 5.74) is 13.8. The smallest absolute Gasteiger partial charge is 0.0737 e. The first-order valence-corrected chi connectivity index (χ1v) is 14.6. The molecule has 8 bridgehead atoms. The molecule has 0 aliphatic carbocycles. The molecule has 40 heavy (non-hydrogen) atoms. The third-order valence-corrected chi connectivity index (χ3v) is 8.50. The van der Waals surface area contributed by atoms with Crippen molar-refractivity contribution in [1.29, 1.82) is 0 Å². The van der Waals surface area contributed by atoms with E-state index in [0.29, 0.717) is 0 Å². The highest BCUT2D eigenvalue weighted by Crippen LogP contribution is 2.35. The Bertz CT molecular complexity index is 1960. The summed E-state index contributed by atoms with van der Waals surface area (Å²) in [5, 5.41) is 0. The van der Waals surface area contributed by atoms with Gasteiger partial charge in [-0.05, 0) is 101 Å². The van der Waals surface area contributed by atoms with Crippen LogP contribution in [0.2, 0.25) is 0 Å². The van der Waals surface area contributed by atoms with Crippen molar-refractivity contribution in [3.05, 3.63) is 117 Å². The highest BCUT2D eigenvalue weighted by molar-refractivity contribution is 14.1. The first-order chi connectivity index (χ1) is 19.3. The van der Waals surface area contributed by atoms with Gasteiger partial charge in [0.05, 0.1) is 11.4 Å². The molecule has 5 heteroatoms. The average Bonchev–Trinajstić information content (AvgIpc) is 3.72. The maximum absolute atomic E-state index is 5.27. The first kappa shape index (κ1) is 25.0. The second kappa shape index (κ2) is 9.59. The van der Waals surface area contributed by atoms with E-state index in [4.69, 9.17) is 9.97 Å². The van der Waals surface area contributed by atoms with Crippen LogP contribution >= 0.6 is 22.6 Å². The minimum Gasteiger partial charge on any atom is -0.355 e. The van der Waals surface area contributed by atoms with Gasteiger partial charge in [-0.3, -0.25) is 4.98 Å². The Morgan fingerprint density at radius 2 is 1.23 bits per heavy atom. The van der Waals surface area contributed by atoms with Crippen molar-refractivity contribution < 1.29 is 0 Å². The molecule has 0 spiro atoms. The molecule has 7 rings (SSSR count). The molecule has 0 fully saturated rings. The van der Waals surface area contributed by atoms with Gasteiger partial charge in [-0.1, -0.05) is 55.8 Å². The van der Waals surface area contributed by atoms with Crippen LogP contribution in [0.3, 0.4) is 0 Å². The SMILES string of the molecule is Cc1ccc(-c2c3nc(c(-c4ccc(I)cc4)c4ccc(cc5nc(cc6ccc2[nH]6)C(C)(C)C5)[nH]4)C=C3)cc1. The Balaban J connectivity index is 1.62. The molecule has 2 aliphatic heterocycles. The number of aromatic nitrogens is 4. The summed E-state index contributed by atoms with van der Waals surface area (Å²) < 4.78 is 1.20. The number of aromatic amines is 2.